The monoisotopic (exact) mass is 406 g/mol. The summed E-state index contributed by atoms with van der Waals surface area (Å²) in [6.07, 6.45) is 0. The number of hydrogen-bond donors (Lipinski definition) is 1. The number of fused-ring (bicyclic) bond motifs is 1. The first-order valence-corrected chi connectivity index (χ1v) is 9.83. The minimum Gasteiger partial charge on any atom is -0.349 e. The minimum atomic E-state index is -0.159. The Kier molecular flexibility index (Phi) is 5.88. The molecule has 2 aromatic carbocycles. The third kappa shape index (κ3) is 3.89. The van der Waals surface area contributed by atoms with Crippen LogP contribution in [0.1, 0.15) is 26.8 Å². The largest absolute Gasteiger partial charge is 0.349 e. The number of halogens is 2. The molecule has 0 saturated heterocycles. The number of thiophene rings is 1. The number of rotatable bonds is 5. The highest BCUT2D eigenvalue weighted by molar-refractivity contribution is 7.21. The molecule has 0 fully saturated rings. The highest BCUT2D eigenvalue weighted by atomic mass is 35.5. The van der Waals surface area contributed by atoms with E-state index in [-0.39, 0.29) is 11.9 Å². The summed E-state index contributed by atoms with van der Waals surface area (Å²) in [5.74, 6) is -0.159. The standard InChI is InChI=1S/C20H20Cl2N2OS/c1-12-8-9-14-17(10-12)26-19(18(14)22)20(25)23-11-16(24(2)3)13-6-4-5-7-15(13)21/h4-10,16H,11H2,1-3H3,(H,23,25)/t16-/m0/s1. The lowest BCUT2D eigenvalue weighted by molar-refractivity contribution is 0.0946. The number of amides is 1. The SMILES string of the molecule is Cc1ccc2c(Cl)c(C(=O)NC[C@@H](c3ccccc3Cl)N(C)C)sc2c1. The van der Waals surface area contributed by atoms with Gasteiger partial charge in [0, 0.05) is 21.7 Å². The van der Waals surface area contributed by atoms with Crippen molar-refractivity contribution in [3.05, 3.63) is 68.5 Å². The Balaban J connectivity index is 1.81. The van der Waals surface area contributed by atoms with Gasteiger partial charge in [-0.1, -0.05) is 53.5 Å². The molecule has 0 radical (unpaired) electrons. The molecular weight excluding hydrogens is 387 g/mol. The Bertz CT molecular complexity index is 952. The summed E-state index contributed by atoms with van der Waals surface area (Å²) in [6.45, 7) is 2.47. The van der Waals surface area contributed by atoms with Crippen molar-refractivity contribution in [2.75, 3.05) is 20.6 Å². The summed E-state index contributed by atoms with van der Waals surface area (Å²) >= 11 is 14.2. The first-order chi connectivity index (χ1) is 12.4. The van der Waals surface area contributed by atoms with E-state index < -0.39 is 0 Å². The number of nitrogens with zero attached hydrogens (tertiary/aromatic N) is 1. The van der Waals surface area contributed by atoms with Crippen LogP contribution in [0.3, 0.4) is 0 Å². The normalized spacial score (nSPS) is 12.5. The van der Waals surface area contributed by atoms with Crippen LogP contribution in [0.25, 0.3) is 10.1 Å². The molecule has 1 heterocycles. The number of carbonyl (C=O) groups is 1. The molecule has 0 saturated carbocycles. The van der Waals surface area contributed by atoms with Gasteiger partial charge in [-0.3, -0.25) is 4.79 Å². The topological polar surface area (TPSA) is 32.3 Å². The molecule has 3 nitrogen and oxygen atoms in total. The highest BCUT2D eigenvalue weighted by Gasteiger charge is 2.21. The second-order valence-corrected chi connectivity index (χ2v) is 8.29. The van der Waals surface area contributed by atoms with Gasteiger partial charge in [0.15, 0.2) is 0 Å². The molecule has 1 amide bonds. The Morgan fingerprint density at radius 3 is 2.62 bits per heavy atom. The van der Waals surface area contributed by atoms with Crippen LogP contribution in [0.2, 0.25) is 10.0 Å². The van der Waals surface area contributed by atoms with Gasteiger partial charge < -0.3 is 10.2 Å². The highest BCUT2D eigenvalue weighted by Crippen LogP contribution is 2.36. The van der Waals surface area contributed by atoms with Gasteiger partial charge in [0.25, 0.3) is 5.91 Å². The number of carbonyl (C=O) groups excluding carboxylic acids is 1. The van der Waals surface area contributed by atoms with Crippen molar-refractivity contribution in [1.29, 1.82) is 0 Å². The average Bonchev–Trinajstić information content (AvgIpc) is 2.92. The van der Waals surface area contributed by atoms with E-state index in [4.69, 9.17) is 23.2 Å². The van der Waals surface area contributed by atoms with Gasteiger partial charge in [-0.2, -0.15) is 0 Å². The summed E-state index contributed by atoms with van der Waals surface area (Å²) in [5, 5.41) is 5.13. The van der Waals surface area contributed by atoms with E-state index in [0.717, 1.165) is 21.2 Å². The van der Waals surface area contributed by atoms with Gasteiger partial charge in [0.1, 0.15) is 4.88 Å². The predicted molar refractivity (Wildman–Crippen MR) is 112 cm³/mol. The molecular formula is C20H20Cl2N2OS. The fourth-order valence-corrected chi connectivity index (χ4v) is 4.70. The molecule has 26 heavy (non-hydrogen) atoms. The van der Waals surface area contributed by atoms with Gasteiger partial charge >= 0.3 is 0 Å². The molecule has 6 heteroatoms. The molecule has 3 rings (SSSR count). The van der Waals surface area contributed by atoms with Crippen LogP contribution in [0.15, 0.2) is 42.5 Å². The predicted octanol–water partition coefficient (Wildman–Crippen LogP) is 5.55. The number of nitrogens with one attached hydrogen (secondary N) is 1. The van der Waals surface area contributed by atoms with Crippen LogP contribution >= 0.6 is 34.5 Å². The van der Waals surface area contributed by atoms with Crippen molar-refractivity contribution in [2.24, 2.45) is 0 Å². The molecule has 0 bridgehead atoms. The summed E-state index contributed by atoms with van der Waals surface area (Å²) in [7, 11) is 3.94. The van der Waals surface area contributed by atoms with E-state index in [1.165, 1.54) is 11.3 Å². The minimum absolute atomic E-state index is 0.0250. The quantitative estimate of drug-likeness (QED) is 0.602. The van der Waals surface area contributed by atoms with Crippen molar-refractivity contribution in [3.8, 4) is 0 Å². The second kappa shape index (κ2) is 7.97. The number of aryl methyl sites for hydroxylation is 1. The van der Waals surface area contributed by atoms with Gasteiger partial charge in [-0.05, 0) is 44.3 Å². The van der Waals surface area contributed by atoms with Crippen molar-refractivity contribution >= 4 is 50.5 Å². The zero-order chi connectivity index (χ0) is 18.8. The summed E-state index contributed by atoms with van der Waals surface area (Å²) in [6, 6.07) is 13.7. The number of hydrogen-bond acceptors (Lipinski definition) is 3. The molecule has 0 spiro atoms. The number of likely N-dealkylation sites (N-methyl/N-ethyl adjacent to an activating group) is 1. The molecule has 0 aliphatic carbocycles. The Hall–Kier alpha value is -1.59. The average molecular weight is 407 g/mol. The molecule has 1 atom stereocenters. The molecule has 0 unspecified atom stereocenters. The summed E-state index contributed by atoms with van der Waals surface area (Å²) in [4.78, 5) is 15.3. The Morgan fingerprint density at radius 1 is 1.19 bits per heavy atom. The van der Waals surface area contributed by atoms with E-state index in [2.05, 4.69) is 11.4 Å². The van der Waals surface area contributed by atoms with Crippen molar-refractivity contribution in [2.45, 2.75) is 13.0 Å². The Labute approximate surface area is 167 Å². The van der Waals surface area contributed by atoms with E-state index >= 15 is 0 Å². The molecule has 3 aromatic rings. The van der Waals surface area contributed by atoms with Crippen molar-refractivity contribution < 1.29 is 4.79 Å². The lowest BCUT2D eigenvalue weighted by atomic mass is 10.1. The first kappa shape index (κ1) is 19.2. The maximum atomic E-state index is 12.7. The Morgan fingerprint density at radius 2 is 1.92 bits per heavy atom. The van der Waals surface area contributed by atoms with Gasteiger partial charge in [-0.25, -0.2) is 0 Å². The fraction of sp³-hybridized carbons (Fsp3) is 0.250. The number of benzene rings is 2. The van der Waals surface area contributed by atoms with Crippen LogP contribution < -0.4 is 5.32 Å². The molecule has 0 aliphatic heterocycles. The van der Waals surface area contributed by atoms with Crippen molar-refractivity contribution in [1.82, 2.24) is 10.2 Å². The van der Waals surface area contributed by atoms with E-state index in [1.807, 2.05) is 62.3 Å². The van der Waals surface area contributed by atoms with E-state index in [0.29, 0.717) is 21.5 Å². The van der Waals surface area contributed by atoms with Gasteiger partial charge in [-0.15, -0.1) is 11.3 Å². The lowest BCUT2D eigenvalue weighted by Crippen LogP contribution is -2.34. The molecule has 0 aliphatic rings. The lowest BCUT2D eigenvalue weighted by Gasteiger charge is -2.25. The van der Waals surface area contributed by atoms with Crippen molar-refractivity contribution in [3.63, 3.8) is 0 Å². The third-order valence-corrected chi connectivity index (χ3v) is 6.33. The van der Waals surface area contributed by atoms with Crippen LogP contribution in [0.4, 0.5) is 0 Å². The zero-order valence-corrected chi connectivity index (χ0v) is 17.2. The summed E-state index contributed by atoms with van der Waals surface area (Å²) < 4.78 is 1.02. The van der Waals surface area contributed by atoms with Crippen LogP contribution in [0.5, 0.6) is 0 Å². The second-order valence-electron chi connectivity index (χ2n) is 6.46. The molecule has 1 N–H and O–H groups in total. The van der Waals surface area contributed by atoms with Gasteiger partial charge in [0.2, 0.25) is 0 Å². The van der Waals surface area contributed by atoms with Gasteiger partial charge in [0.05, 0.1) is 11.1 Å². The summed E-state index contributed by atoms with van der Waals surface area (Å²) in [5.41, 5.74) is 2.13. The maximum absolute atomic E-state index is 12.7. The molecule has 136 valence electrons. The first-order valence-electron chi connectivity index (χ1n) is 8.26. The van der Waals surface area contributed by atoms with Crippen LogP contribution in [-0.4, -0.2) is 31.4 Å². The van der Waals surface area contributed by atoms with E-state index in [1.54, 1.807) is 0 Å². The zero-order valence-electron chi connectivity index (χ0n) is 14.8. The molecule has 1 aromatic heterocycles. The third-order valence-electron chi connectivity index (χ3n) is 4.33. The fourth-order valence-electron chi connectivity index (χ4n) is 2.90. The van der Waals surface area contributed by atoms with Crippen LogP contribution in [0, 0.1) is 6.92 Å². The smallest absolute Gasteiger partial charge is 0.262 e. The maximum Gasteiger partial charge on any atom is 0.262 e. The van der Waals surface area contributed by atoms with Crippen LogP contribution in [-0.2, 0) is 0 Å². The van der Waals surface area contributed by atoms with E-state index in [9.17, 15) is 4.79 Å².